The quantitative estimate of drug-likeness (QED) is 0.0294. The SMILES string of the molecule is C=O.CN.CNC(=O)C(CCC=O)N1C(=O)c2cccc(OCCCCCCCCOc3ccc(C(C)(C)C)cc3/C=C(\C)N(N=N)c3cc(OC)ccc3OC)c2C1=O. The maximum atomic E-state index is 13.4. The number of rotatable bonds is 22. The van der Waals surface area contributed by atoms with Crippen molar-refractivity contribution in [1.29, 1.82) is 5.53 Å². The largest absolute Gasteiger partial charge is 0.497 e. The van der Waals surface area contributed by atoms with E-state index in [1.54, 1.807) is 50.6 Å². The standard InChI is InChI=1S/C43H55N5O8.CH5N.CH2O/c1-29(48(46-44)35-28-32(53-6)20-22-37(35)54-7)26-30-27-31(43(2,3)4)19-21-36(30)55-24-12-10-8-9-11-13-25-56-38-18-14-16-33-39(38)42(52)47(41(33)51)34(17-15-23-49)40(50)45-5;2*1-2/h14,16,18-23,26-28,34,44H,8-13,15,17,24-25H2,1-7H3,(H,45,50);2H2,1H3;1H2/b29-26+,46-44?;;. The number of unbranched alkanes of at least 4 members (excludes halogenated alkanes) is 5. The fourth-order valence-electron chi connectivity index (χ4n) is 6.55. The molecule has 3 aromatic rings. The van der Waals surface area contributed by atoms with Gasteiger partial charge in [-0.05, 0) is 86.7 Å². The number of carbonyl (C=O) groups is 5. The van der Waals surface area contributed by atoms with Crippen molar-refractivity contribution in [2.75, 3.05) is 46.5 Å². The van der Waals surface area contributed by atoms with Crippen LogP contribution in [0.1, 0.15) is 111 Å². The van der Waals surface area contributed by atoms with Crippen molar-refractivity contribution in [3.05, 3.63) is 82.5 Å². The fourth-order valence-corrected chi connectivity index (χ4v) is 6.55. The van der Waals surface area contributed by atoms with E-state index in [2.05, 4.69) is 49.2 Å². The van der Waals surface area contributed by atoms with Crippen molar-refractivity contribution >= 4 is 42.6 Å². The molecular weight excluding hydrogens is 769 g/mol. The fraction of sp³-hybridized carbons (Fsp3) is 0.444. The molecule has 0 radical (unpaired) electrons. The minimum absolute atomic E-state index is 0.0403. The molecule has 1 aliphatic rings. The second kappa shape index (κ2) is 25.4. The van der Waals surface area contributed by atoms with Crippen molar-refractivity contribution in [2.45, 2.75) is 90.5 Å². The van der Waals surface area contributed by atoms with E-state index < -0.39 is 23.8 Å². The number of imide groups is 1. The van der Waals surface area contributed by atoms with Crippen molar-refractivity contribution in [3.63, 3.8) is 0 Å². The van der Waals surface area contributed by atoms with Crippen LogP contribution in [-0.4, -0.2) is 83.3 Å². The Hall–Kier alpha value is -6.09. The van der Waals surface area contributed by atoms with Crippen molar-refractivity contribution < 1.29 is 42.9 Å². The lowest BCUT2D eigenvalue weighted by Crippen LogP contribution is -2.48. The number of allylic oxidation sites excluding steroid dienone is 1. The lowest BCUT2D eigenvalue weighted by Gasteiger charge is -2.24. The van der Waals surface area contributed by atoms with E-state index in [0.29, 0.717) is 48.1 Å². The molecule has 326 valence electrons. The minimum Gasteiger partial charge on any atom is -0.497 e. The van der Waals surface area contributed by atoms with Gasteiger partial charge in [0.2, 0.25) is 5.91 Å². The Morgan fingerprint density at radius 1 is 0.900 bits per heavy atom. The summed E-state index contributed by atoms with van der Waals surface area (Å²) in [4.78, 5) is 59.0. The van der Waals surface area contributed by atoms with Gasteiger partial charge in [-0.15, -0.1) is 0 Å². The van der Waals surface area contributed by atoms with E-state index in [-0.39, 0.29) is 29.4 Å². The number of fused-ring (bicyclic) bond motifs is 1. The highest BCUT2D eigenvalue weighted by molar-refractivity contribution is 6.24. The molecule has 3 aromatic carbocycles. The highest BCUT2D eigenvalue weighted by Crippen LogP contribution is 2.37. The van der Waals surface area contributed by atoms with Gasteiger partial charge in [0.05, 0.1) is 38.6 Å². The van der Waals surface area contributed by atoms with E-state index in [4.69, 9.17) is 29.3 Å². The van der Waals surface area contributed by atoms with Gasteiger partial charge in [0, 0.05) is 30.8 Å². The van der Waals surface area contributed by atoms with Crippen LogP contribution in [0.15, 0.2) is 65.5 Å². The maximum Gasteiger partial charge on any atom is 0.266 e. The number of aldehydes is 1. The molecular formula is C45H62N6O9. The van der Waals surface area contributed by atoms with Crippen LogP contribution in [-0.2, 0) is 19.8 Å². The Morgan fingerprint density at radius 2 is 1.52 bits per heavy atom. The number of benzene rings is 3. The summed E-state index contributed by atoms with van der Waals surface area (Å²) in [7, 11) is 6.09. The van der Waals surface area contributed by atoms with E-state index in [1.807, 2.05) is 25.9 Å². The summed E-state index contributed by atoms with van der Waals surface area (Å²) < 4.78 is 23.3. The molecule has 0 spiro atoms. The Morgan fingerprint density at radius 3 is 2.08 bits per heavy atom. The molecule has 60 heavy (non-hydrogen) atoms. The van der Waals surface area contributed by atoms with Crippen LogP contribution >= 0.6 is 0 Å². The second-order valence-corrected chi connectivity index (χ2v) is 14.6. The molecule has 1 aliphatic heterocycles. The summed E-state index contributed by atoms with van der Waals surface area (Å²) in [5.74, 6) is 0.576. The van der Waals surface area contributed by atoms with E-state index >= 15 is 0 Å². The van der Waals surface area contributed by atoms with Gasteiger partial charge in [0.15, 0.2) is 0 Å². The highest BCUT2D eigenvalue weighted by Gasteiger charge is 2.44. The van der Waals surface area contributed by atoms with Crippen molar-refractivity contribution in [2.24, 2.45) is 11.0 Å². The monoisotopic (exact) mass is 830 g/mol. The summed E-state index contributed by atoms with van der Waals surface area (Å²) in [6.07, 6.45) is 8.29. The van der Waals surface area contributed by atoms with Crippen LogP contribution in [0.4, 0.5) is 5.69 Å². The average Bonchev–Trinajstić information content (AvgIpc) is 3.51. The summed E-state index contributed by atoms with van der Waals surface area (Å²) in [5, 5.41) is 7.79. The molecule has 1 unspecified atom stereocenters. The third kappa shape index (κ3) is 13.2. The Balaban J connectivity index is 0.00000301. The first-order valence-electron chi connectivity index (χ1n) is 19.9. The number of nitrogens with two attached hydrogens (primary N) is 1. The topological polar surface area (TPSA) is 203 Å². The highest BCUT2D eigenvalue weighted by atomic mass is 16.5. The van der Waals surface area contributed by atoms with Crippen molar-refractivity contribution in [1.82, 2.24) is 10.2 Å². The Kier molecular flexibility index (Phi) is 21.2. The Labute approximate surface area is 354 Å². The molecule has 0 saturated heterocycles. The zero-order valence-electron chi connectivity index (χ0n) is 36.3. The number of likely N-dealkylation sites (N-methyl/N-ethyl adjacent to an activating group) is 1. The Bertz CT molecular complexity index is 1930. The summed E-state index contributed by atoms with van der Waals surface area (Å²) in [6, 6.07) is 15.4. The number of hydrogen-bond acceptors (Lipinski definition) is 12. The first kappa shape index (κ1) is 50.1. The number of methoxy groups -OCH3 is 2. The number of anilines is 1. The minimum atomic E-state index is -1.08. The first-order chi connectivity index (χ1) is 28.9. The zero-order chi connectivity index (χ0) is 44.8. The van der Waals surface area contributed by atoms with Gasteiger partial charge in [-0.2, -0.15) is 5.53 Å². The molecule has 4 N–H and O–H groups in total. The molecule has 0 aliphatic carbocycles. The number of carbonyl (C=O) groups excluding carboxylic acids is 5. The number of ether oxygens (including phenoxy) is 4. The third-order valence-electron chi connectivity index (χ3n) is 9.67. The van der Waals surface area contributed by atoms with Gasteiger partial charge in [-0.25, -0.2) is 5.01 Å². The summed E-state index contributed by atoms with van der Waals surface area (Å²) in [5.41, 5.74) is 16.1. The molecule has 15 nitrogen and oxygen atoms in total. The summed E-state index contributed by atoms with van der Waals surface area (Å²) >= 11 is 0. The third-order valence-corrected chi connectivity index (χ3v) is 9.67. The van der Waals surface area contributed by atoms with Gasteiger partial charge < -0.3 is 39.6 Å². The van der Waals surface area contributed by atoms with E-state index in [1.165, 1.54) is 19.1 Å². The maximum absolute atomic E-state index is 13.4. The molecule has 15 heteroatoms. The van der Waals surface area contributed by atoms with Crippen molar-refractivity contribution in [3.8, 4) is 23.0 Å². The number of nitrogens with zero attached hydrogens (tertiary/aromatic N) is 3. The van der Waals surface area contributed by atoms with Gasteiger partial charge >= 0.3 is 0 Å². The van der Waals surface area contributed by atoms with Crippen LogP contribution in [0.3, 0.4) is 0 Å². The zero-order valence-corrected chi connectivity index (χ0v) is 36.3. The van der Waals surface area contributed by atoms with Crippen LogP contribution in [0.5, 0.6) is 23.0 Å². The molecule has 4 rings (SSSR count). The normalized spacial score (nSPS) is 12.5. The predicted molar refractivity (Wildman–Crippen MR) is 232 cm³/mol. The van der Waals surface area contributed by atoms with E-state index in [0.717, 1.165) is 60.3 Å². The molecule has 0 fully saturated rings. The molecule has 1 heterocycles. The average molecular weight is 831 g/mol. The molecule has 1 atom stereocenters. The first-order valence-corrected chi connectivity index (χ1v) is 19.9. The van der Waals surface area contributed by atoms with Gasteiger partial charge in [-0.1, -0.05) is 63.8 Å². The molecule has 0 saturated carbocycles. The van der Waals surface area contributed by atoms with Crippen LogP contribution in [0.25, 0.3) is 6.08 Å². The van der Waals surface area contributed by atoms with Gasteiger partial charge in [0.25, 0.3) is 11.8 Å². The predicted octanol–water partition coefficient (Wildman–Crippen LogP) is 7.69. The second-order valence-electron chi connectivity index (χ2n) is 14.6. The van der Waals surface area contributed by atoms with Crippen LogP contribution in [0.2, 0.25) is 0 Å². The lowest BCUT2D eigenvalue weighted by atomic mass is 9.86. The number of nitrogens with one attached hydrogen (secondary N) is 2. The molecule has 0 bridgehead atoms. The van der Waals surface area contributed by atoms with Crippen LogP contribution < -0.4 is 35.0 Å². The molecule has 3 amide bonds. The van der Waals surface area contributed by atoms with Gasteiger partial charge in [0.1, 0.15) is 47.8 Å². The number of amides is 3. The summed E-state index contributed by atoms with van der Waals surface area (Å²) in [6.45, 7) is 11.3. The van der Waals surface area contributed by atoms with E-state index in [9.17, 15) is 19.2 Å². The van der Waals surface area contributed by atoms with Gasteiger partial charge in [-0.3, -0.25) is 19.3 Å². The number of hydrogen-bond donors (Lipinski definition) is 3. The van der Waals surface area contributed by atoms with Crippen LogP contribution in [0, 0.1) is 5.53 Å². The lowest BCUT2D eigenvalue weighted by molar-refractivity contribution is -0.124. The smallest absolute Gasteiger partial charge is 0.266 e. The molecule has 0 aromatic heterocycles.